The lowest BCUT2D eigenvalue weighted by Crippen LogP contribution is -2.34. The molecule has 1 saturated carbocycles. The first-order chi connectivity index (χ1) is 9.80. The number of carbonyl (C=O) groups excluding carboxylic acids is 1. The molecule has 1 aliphatic rings. The predicted octanol–water partition coefficient (Wildman–Crippen LogP) is 3.65. The minimum absolute atomic E-state index is 0.0143. The van der Waals surface area contributed by atoms with Crippen molar-refractivity contribution >= 4 is 11.7 Å². The molecule has 2 rings (SSSR count). The smallest absolute Gasteiger partial charge is 0.338 e. The Kier molecular flexibility index (Phi) is 4.45. The molecule has 21 heavy (non-hydrogen) atoms. The molecule has 4 heteroatoms. The Morgan fingerprint density at radius 2 is 2.05 bits per heavy atom. The molecule has 0 aliphatic heterocycles. The van der Waals surface area contributed by atoms with Crippen LogP contribution in [0.15, 0.2) is 18.2 Å². The standard InChI is InChI=1S/C17H25NO3/c1-11-7-13(10-17(2,3)9-11)21-16(19)12-5-6-15(20-4)14(18)8-12/h5-6,8,11,13H,7,9-10,18H2,1-4H3. The fourth-order valence-electron chi connectivity index (χ4n) is 3.43. The summed E-state index contributed by atoms with van der Waals surface area (Å²) in [5.41, 5.74) is 6.98. The molecule has 0 bridgehead atoms. The molecule has 0 spiro atoms. The van der Waals surface area contributed by atoms with E-state index in [0.717, 1.165) is 12.8 Å². The molecule has 4 nitrogen and oxygen atoms in total. The molecular formula is C17H25NO3. The summed E-state index contributed by atoms with van der Waals surface area (Å²) in [4.78, 5) is 12.3. The van der Waals surface area contributed by atoms with Crippen LogP contribution in [0.25, 0.3) is 0 Å². The molecule has 0 aromatic heterocycles. The van der Waals surface area contributed by atoms with E-state index in [9.17, 15) is 4.79 Å². The number of methoxy groups -OCH3 is 1. The van der Waals surface area contributed by atoms with Gasteiger partial charge in [-0.2, -0.15) is 0 Å². The number of nitrogen functional groups attached to an aromatic ring is 1. The van der Waals surface area contributed by atoms with Crippen LogP contribution in [-0.4, -0.2) is 19.2 Å². The Balaban J connectivity index is 2.06. The number of anilines is 1. The second kappa shape index (κ2) is 5.96. The largest absolute Gasteiger partial charge is 0.495 e. The number of rotatable bonds is 3. The van der Waals surface area contributed by atoms with Crippen molar-refractivity contribution in [1.29, 1.82) is 0 Å². The maximum atomic E-state index is 12.3. The van der Waals surface area contributed by atoms with E-state index in [1.807, 2.05) is 0 Å². The third-order valence-electron chi connectivity index (χ3n) is 4.09. The maximum absolute atomic E-state index is 12.3. The fraction of sp³-hybridized carbons (Fsp3) is 0.588. The van der Waals surface area contributed by atoms with Gasteiger partial charge in [0.05, 0.1) is 18.4 Å². The number of hydrogen-bond donors (Lipinski definition) is 1. The second-order valence-electron chi connectivity index (χ2n) is 6.90. The minimum atomic E-state index is -0.306. The van der Waals surface area contributed by atoms with Crippen LogP contribution in [0, 0.1) is 11.3 Å². The van der Waals surface area contributed by atoms with E-state index >= 15 is 0 Å². The highest BCUT2D eigenvalue weighted by Gasteiger charge is 2.34. The molecule has 2 N–H and O–H groups in total. The Morgan fingerprint density at radius 3 is 2.62 bits per heavy atom. The normalized spacial score (nSPS) is 24.4. The van der Waals surface area contributed by atoms with Crippen molar-refractivity contribution in [3.05, 3.63) is 23.8 Å². The van der Waals surface area contributed by atoms with Gasteiger partial charge >= 0.3 is 5.97 Å². The van der Waals surface area contributed by atoms with E-state index in [4.69, 9.17) is 15.2 Å². The lowest BCUT2D eigenvalue weighted by molar-refractivity contribution is -0.00714. The fourth-order valence-corrected chi connectivity index (χ4v) is 3.43. The number of esters is 1. The highest BCUT2D eigenvalue weighted by atomic mass is 16.5. The van der Waals surface area contributed by atoms with E-state index < -0.39 is 0 Å². The molecule has 116 valence electrons. The Hall–Kier alpha value is -1.71. The van der Waals surface area contributed by atoms with Crippen LogP contribution in [0.3, 0.4) is 0 Å². The topological polar surface area (TPSA) is 61.5 Å². The van der Waals surface area contributed by atoms with Gasteiger partial charge < -0.3 is 15.2 Å². The first-order valence-electron chi connectivity index (χ1n) is 7.45. The zero-order valence-electron chi connectivity index (χ0n) is 13.3. The van der Waals surface area contributed by atoms with Gasteiger partial charge in [0.1, 0.15) is 11.9 Å². The Morgan fingerprint density at radius 1 is 1.33 bits per heavy atom. The Labute approximate surface area is 126 Å². The van der Waals surface area contributed by atoms with Crippen molar-refractivity contribution in [2.45, 2.75) is 46.1 Å². The van der Waals surface area contributed by atoms with Gasteiger partial charge in [-0.05, 0) is 48.8 Å². The van der Waals surface area contributed by atoms with E-state index in [0.29, 0.717) is 22.9 Å². The molecular weight excluding hydrogens is 266 g/mol. The summed E-state index contributed by atoms with van der Waals surface area (Å²) in [6.07, 6.45) is 3.01. The van der Waals surface area contributed by atoms with Gasteiger partial charge in [-0.15, -0.1) is 0 Å². The number of ether oxygens (including phenoxy) is 2. The molecule has 1 fully saturated rings. The van der Waals surface area contributed by atoms with Crippen molar-refractivity contribution in [3.63, 3.8) is 0 Å². The number of hydrogen-bond acceptors (Lipinski definition) is 4. The van der Waals surface area contributed by atoms with Crippen LogP contribution < -0.4 is 10.5 Å². The summed E-state index contributed by atoms with van der Waals surface area (Å²) in [6.45, 7) is 6.68. The quantitative estimate of drug-likeness (QED) is 0.682. The van der Waals surface area contributed by atoms with Crippen LogP contribution in [0.2, 0.25) is 0 Å². The molecule has 0 saturated heterocycles. The van der Waals surface area contributed by atoms with Crippen LogP contribution in [0.4, 0.5) is 5.69 Å². The van der Waals surface area contributed by atoms with Gasteiger partial charge in [-0.1, -0.05) is 20.8 Å². The monoisotopic (exact) mass is 291 g/mol. The van der Waals surface area contributed by atoms with E-state index in [1.54, 1.807) is 25.3 Å². The molecule has 1 aliphatic carbocycles. The maximum Gasteiger partial charge on any atom is 0.338 e. The van der Waals surface area contributed by atoms with Crippen molar-refractivity contribution in [2.24, 2.45) is 11.3 Å². The lowest BCUT2D eigenvalue weighted by atomic mass is 9.71. The highest BCUT2D eigenvalue weighted by molar-refractivity contribution is 5.91. The first kappa shape index (κ1) is 15.7. The van der Waals surface area contributed by atoms with Crippen molar-refractivity contribution in [1.82, 2.24) is 0 Å². The van der Waals surface area contributed by atoms with Gasteiger partial charge in [-0.3, -0.25) is 0 Å². The van der Waals surface area contributed by atoms with Crippen LogP contribution in [0.5, 0.6) is 5.75 Å². The van der Waals surface area contributed by atoms with Gasteiger partial charge in [-0.25, -0.2) is 4.79 Å². The molecule has 1 aromatic carbocycles. The number of nitrogens with two attached hydrogens (primary N) is 1. The second-order valence-corrected chi connectivity index (χ2v) is 6.90. The summed E-state index contributed by atoms with van der Waals surface area (Å²) < 4.78 is 10.8. The number of benzene rings is 1. The van der Waals surface area contributed by atoms with Crippen molar-refractivity contribution in [3.8, 4) is 5.75 Å². The molecule has 0 amide bonds. The summed E-state index contributed by atoms with van der Waals surface area (Å²) in [5.74, 6) is 0.839. The van der Waals surface area contributed by atoms with Gasteiger partial charge in [0.2, 0.25) is 0 Å². The third kappa shape index (κ3) is 3.90. The average molecular weight is 291 g/mol. The van der Waals surface area contributed by atoms with Gasteiger partial charge in [0.15, 0.2) is 0 Å². The molecule has 2 atom stereocenters. The molecule has 1 aromatic rings. The summed E-state index contributed by atoms with van der Waals surface area (Å²) >= 11 is 0. The van der Waals surface area contributed by atoms with E-state index in [1.165, 1.54) is 6.42 Å². The summed E-state index contributed by atoms with van der Waals surface area (Å²) in [6, 6.07) is 4.99. The highest BCUT2D eigenvalue weighted by Crippen LogP contribution is 2.40. The molecule has 0 radical (unpaired) electrons. The number of carbonyl (C=O) groups is 1. The summed E-state index contributed by atoms with van der Waals surface area (Å²) in [7, 11) is 1.55. The zero-order chi connectivity index (χ0) is 15.6. The predicted molar refractivity (Wildman–Crippen MR) is 83.4 cm³/mol. The summed E-state index contributed by atoms with van der Waals surface area (Å²) in [5, 5.41) is 0. The SMILES string of the molecule is COc1ccc(C(=O)OC2CC(C)CC(C)(C)C2)cc1N. The lowest BCUT2D eigenvalue weighted by Gasteiger charge is -2.38. The van der Waals surface area contributed by atoms with Crippen LogP contribution in [-0.2, 0) is 4.74 Å². The van der Waals surface area contributed by atoms with Gasteiger partial charge in [0, 0.05) is 0 Å². The zero-order valence-corrected chi connectivity index (χ0v) is 13.3. The van der Waals surface area contributed by atoms with E-state index in [2.05, 4.69) is 20.8 Å². The van der Waals surface area contributed by atoms with Crippen LogP contribution >= 0.6 is 0 Å². The van der Waals surface area contributed by atoms with Gasteiger partial charge in [0.25, 0.3) is 0 Å². The minimum Gasteiger partial charge on any atom is -0.495 e. The molecule has 2 unspecified atom stereocenters. The third-order valence-corrected chi connectivity index (χ3v) is 4.09. The Bertz CT molecular complexity index is 525. The van der Waals surface area contributed by atoms with Crippen LogP contribution in [0.1, 0.15) is 50.4 Å². The molecule has 0 heterocycles. The van der Waals surface area contributed by atoms with Crippen molar-refractivity contribution in [2.75, 3.05) is 12.8 Å². The average Bonchev–Trinajstić information content (AvgIpc) is 2.35. The van der Waals surface area contributed by atoms with E-state index in [-0.39, 0.29) is 17.5 Å². The van der Waals surface area contributed by atoms with Crippen molar-refractivity contribution < 1.29 is 14.3 Å². The first-order valence-corrected chi connectivity index (χ1v) is 7.45.